The number of hydrogen-bond donors (Lipinski definition) is 1. The highest BCUT2D eigenvalue weighted by Gasteiger charge is 2.27. The lowest BCUT2D eigenvalue weighted by Gasteiger charge is -2.23. The lowest BCUT2D eigenvalue weighted by molar-refractivity contribution is -0.145. The van der Waals surface area contributed by atoms with E-state index in [-0.39, 0.29) is 11.9 Å². The minimum absolute atomic E-state index is 0.0322. The van der Waals surface area contributed by atoms with Crippen LogP contribution in [0.15, 0.2) is 48.7 Å². The molecule has 2 aliphatic heterocycles. The second-order valence-corrected chi connectivity index (χ2v) is 9.95. The number of nitrogens with zero attached hydrogens (tertiary/aromatic N) is 3. The molecular formula is C29H34N4O3. The van der Waals surface area contributed by atoms with Crippen LogP contribution in [0.4, 0.5) is 5.69 Å². The number of piperidine rings is 1. The molecule has 2 aromatic carbocycles. The van der Waals surface area contributed by atoms with Gasteiger partial charge in [-0.1, -0.05) is 24.3 Å². The first-order chi connectivity index (χ1) is 17.5. The molecule has 0 spiro atoms. The van der Waals surface area contributed by atoms with Gasteiger partial charge in [0.25, 0.3) is 5.91 Å². The van der Waals surface area contributed by atoms with Crippen molar-refractivity contribution in [3.8, 4) is 0 Å². The van der Waals surface area contributed by atoms with Gasteiger partial charge in [-0.05, 0) is 80.1 Å². The molecule has 5 rings (SSSR count). The van der Waals surface area contributed by atoms with E-state index >= 15 is 0 Å². The average Bonchev–Trinajstić information content (AvgIpc) is 3.14. The maximum absolute atomic E-state index is 13.7. The number of rotatable bonds is 6. The van der Waals surface area contributed by atoms with Crippen LogP contribution in [0.5, 0.6) is 0 Å². The van der Waals surface area contributed by atoms with Crippen molar-refractivity contribution >= 4 is 17.6 Å². The Kier molecular flexibility index (Phi) is 7.18. The van der Waals surface area contributed by atoms with E-state index in [2.05, 4.69) is 16.5 Å². The highest BCUT2D eigenvalue weighted by atomic mass is 16.5. The number of benzene rings is 2. The molecule has 0 unspecified atom stereocenters. The molecule has 0 aliphatic carbocycles. The number of para-hydroxylation sites is 1. The Hall–Kier alpha value is -3.45. The monoisotopic (exact) mass is 486 g/mol. The number of hydrogen-bond acceptors (Lipinski definition) is 5. The van der Waals surface area contributed by atoms with Gasteiger partial charge in [-0.25, -0.2) is 0 Å². The van der Waals surface area contributed by atoms with Gasteiger partial charge < -0.3 is 15.0 Å². The van der Waals surface area contributed by atoms with Crippen LogP contribution in [0.3, 0.4) is 0 Å². The quantitative estimate of drug-likeness (QED) is 0.534. The number of aromatic nitrogens is 2. The van der Waals surface area contributed by atoms with Gasteiger partial charge in [0.05, 0.1) is 19.3 Å². The normalized spacial score (nSPS) is 15.7. The molecule has 1 aromatic heterocycles. The van der Waals surface area contributed by atoms with E-state index in [0.717, 1.165) is 66.0 Å². The van der Waals surface area contributed by atoms with Gasteiger partial charge in [-0.2, -0.15) is 5.10 Å². The van der Waals surface area contributed by atoms with Gasteiger partial charge in [0, 0.05) is 42.4 Å². The number of nitrogens with one attached hydrogen (secondary N) is 1. The Bertz CT molecular complexity index is 1260. The van der Waals surface area contributed by atoms with Crippen molar-refractivity contribution in [2.24, 2.45) is 13.0 Å². The summed E-state index contributed by atoms with van der Waals surface area (Å²) in [6, 6.07) is 13.9. The van der Waals surface area contributed by atoms with Crippen LogP contribution in [0.2, 0.25) is 0 Å². The highest BCUT2D eigenvalue weighted by Crippen LogP contribution is 2.31. The number of esters is 1. The predicted molar refractivity (Wildman–Crippen MR) is 139 cm³/mol. The van der Waals surface area contributed by atoms with Crippen molar-refractivity contribution in [2.75, 3.05) is 24.6 Å². The number of amides is 1. The highest BCUT2D eigenvalue weighted by molar-refractivity contribution is 6.06. The van der Waals surface area contributed by atoms with Crippen molar-refractivity contribution in [2.45, 2.75) is 45.6 Å². The molecule has 3 heterocycles. The molecule has 1 fully saturated rings. The third kappa shape index (κ3) is 5.21. The fourth-order valence-electron chi connectivity index (χ4n) is 5.24. The van der Waals surface area contributed by atoms with Gasteiger partial charge >= 0.3 is 5.97 Å². The molecule has 36 heavy (non-hydrogen) atoms. The zero-order chi connectivity index (χ0) is 25.1. The third-order valence-electron chi connectivity index (χ3n) is 7.49. The van der Waals surface area contributed by atoms with Crippen molar-refractivity contribution in [1.29, 1.82) is 0 Å². The maximum Gasteiger partial charge on any atom is 0.306 e. The zero-order valence-corrected chi connectivity index (χ0v) is 21.1. The van der Waals surface area contributed by atoms with Gasteiger partial charge in [0.2, 0.25) is 0 Å². The minimum Gasteiger partial charge on any atom is -0.465 e. The molecule has 7 nitrogen and oxygen atoms in total. The summed E-state index contributed by atoms with van der Waals surface area (Å²) in [4.78, 5) is 27.9. The van der Waals surface area contributed by atoms with Crippen LogP contribution in [0.25, 0.3) is 0 Å². The summed E-state index contributed by atoms with van der Waals surface area (Å²) in [5.41, 5.74) is 6.98. The van der Waals surface area contributed by atoms with Crippen molar-refractivity contribution < 1.29 is 14.3 Å². The SMILES string of the molecule is Cc1cc(C(=O)N2Cc3cnn(C)c3Cc3ccccc32)ccc1CCC(=O)OCC1CCNCC1. The van der Waals surface area contributed by atoms with Crippen LogP contribution in [0, 0.1) is 12.8 Å². The van der Waals surface area contributed by atoms with Crippen molar-refractivity contribution in [1.82, 2.24) is 15.1 Å². The van der Waals surface area contributed by atoms with Crippen LogP contribution in [0.1, 0.15) is 57.6 Å². The largest absolute Gasteiger partial charge is 0.465 e. The molecule has 1 N–H and O–H groups in total. The molecular weight excluding hydrogens is 452 g/mol. The second kappa shape index (κ2) is 10.7. The van der Waals surface area contributed by atoms with Gasteiger partial charge in [-0.3, -0.25) is 14.3 Å². The zero-order valence-electron chi connectivity index (χ0n) is 21.1. The lowest BCUT2D eigenvalue weighted by atomic mass is 9.99. The number of anilines is 1. The number of carbonyl (C=O) groups is 2. The van der Waals surface area contributed by atoms with Crippen LogP contribution in [-0.2, 0) is 36.0 Å². The summed E-state index contributed by atoms with van der Waals surface area (Å²) in [6.07, 6.45) is 5.69. The summed E-state index contributed by atoms with van der Waals surface area (Å²) < 4.78 is 7.42. The standard InChI is InChI=1S/C29H34N4O3/c1-20-15-24(8-7-22(20)9-10-28(34)36-19-21-11-13-30-14-12-21)29(35)33-18-25-17-31-32(2)27(25)16-23-5-3-4-6-26(23)33/h3-8,15,17,21,30H,9-14,16,18-19H2,1-2H3. The van der Waals surface area contributed by atoms with E-state index < -0.39 is 0 Å². The fourth-order valence-corrected chi connectivity index (χ4v) is 5.24. The third-order valence-corrected chi connectivity index (χ3v) is 7.49. The Labute approximate surface area is 212 Å². The first kappa shape index (κ1) is 24.3. The molecule has 7 heteroatoms. The number of carbonyl (C=O) groups excluding carboxylic acids is 2. The first-order valence-corrected chi connectivity index (χ1v) is 12.8. The molecule has 0 saturated carbocycles. The number of fused-ring (bicyclic) bond motifs is 2. The van der Waals surface area contributed by atoms with E-state index in [1.165, 1.54) is 0 Å². The van der Waals surface area contributed by atoms with Gasteiger partial charge in [-0.15, -0.1) is 0 Å². The summed E-state index contributed by atoms with van der Waals surface area (Å²) >= 11 is 0. The minimum atomic E-state index is -0.151. The van der Waals surface area contributed by atoms with E-state index in [9.17, 15) is 9.59 Å². The topological polar surface area (TPSA) is 76.5 Å². The Morgan fingerprint density at radius 2 is 1.92 bits per heavy atom. The summed E-state index contributed by atoms with van der Waals surface area (Å²) in [7, 11) is 1.95. The van der Waals surface area contributed by atoms with Gasteiger partial charge in [0.15, 0.2) is 0 Å². The molecule has 0 atom stereocenters. The van der Waals surface area contributed by atoms with E-state index in [1.807, 2.05) is 66.1 Å². The van der Waals surface area contributed by atoms with Crippen LogP contribution < -0.4 is 10.2 Å². The first-order valence-electron chi connectivity index (χ1n) is 12.8. The molecule has 188 valence electrons. The van der Waals surface area contributed by atoms with E-state index in [1.54, 1.807) is 0 Å². The van der Waals surface area contributed by atoms with Gasteiger partial charge in [0.1, 0.15) is 0 Å². The molecule has 2 aliphatic rings. The molecule has 0 radical (unpaired) electrons. The summed E-state index contributed by atoms with van der Waals surface area (Å²) in [6.45, 7) is 5.01. The molecule has 1 saturated heterocycles. The average molecular weight is 487 g/mol. The Morgan fingerprint density at radius 3 is 2.72 bits per heavy atom. The van der Waals surface area contributed by atoms with Crippen LogP contribution in [-0.4, -0.2) is 41.4 Å². The summed E-state index contributed by atoms with van der Waals surface area (Å²) in [5.74, 6) is 0.283. The molecule has 3 aromatic rings. The molecule has 1 amide bonds. The maximum atomic E-state index is 13.7. The lowest BCUT2D eigenvalue weighted by Crippen LogP contribution is -2.30. The summed E-state index contributed by atoms with van der Waals surface area (Å²) in [5, 5.41) is 7.75. The second-order valence-electron chi connectivity index (χ2n) is 9.95. The number of ether oxygens (including phenoxy) is 1. The number of aryl methyl sites for hydroxylation is 3. The smallest absolute Gasteiger partial charge is 0.306 e. The molecule has 0 bridgehead atoms. The van der Waals surface area contributed by atoms with Crippen molar-refractivity contribution in [3.63, 3.8) is 0 Å². The van der Waals surface area contributed by atoms with Crippen LogP contribution >= 0.6 is 0 Å². The Balaban J connectivity index is 1.26. The van der Waals surface area contributed by atoms with E-state index in [0.29, 0.717) is 37.5 Å². The van der Waals surface area contributed by atoms with Crippen molar-refractivity contribution in [3.05, 3.63) is 82.2 Å². The fraction of sp³-hybridized carbons (Fsp3) is 0.414. The van der Waals surface area contributed by atoms with E-state index in [4.69, 9.17) is 4.74 Å². The Morgan fingerprint density at radius 1 is 1.11 bits per heavy atom. The predicted octanol–water partition coefficient (Wildman–Crippen LogP) is 3.96.